The van der Waals surface area contributed by atoms with Crippen LogP contribution in [0.1, 0.15) is 45.4 Å². The van der Waals surface area contributed by atoms with Gasteiger partial charge in [-0.1, -0.05) is 13.8 Å². The predicted octanol–water partition coefficient (Wildman–Crippen LogP) is 3.82. The lowest BCUT2D eigenvalue weighted by Gasteiger charge is -2.25. The second-order valence-electron chi connectivity index (χ2n) is 5.24. The van der Waals surface area contributed by atoms with Gasteiger partial charge in [-0.05, 0) is 55.2 Å². The van der Waals surface area contributed by atoms with Crippen molar-refractivity contribution in [3.8, 4) is 0 Å². The van der Waals surface area contributed by atoms with E-state index in [-0.39, 0.29) is 6.04 Å². The van der Waals surface area contributed by atoms with Gasteiger partial charge in [-0.3, -0.25) is 0 Å². The molecule has 0 atom stereocenters. The fraction of sp³-hybridized carbons (Fsp3) is 0.714. The third-order valence-corrected chi connectivity index (χ3v) is 7.37. The first-order valence-electron chi connectivity index (χ1n) is 7.35. The number of halogens is 1. The summed E-state index contributed by atoms with van der Waals surface area (Å²) < 4.78 is 27.9. The van der Waals surface area contributed by atoms with Gasteiger partial charge >= 0.3 is 0 Å². The Morgan fingerprint density at radius 3 is 2.52 bits per heavy atom. The van der Waals surface area contributed by atoms with Gasteiger partial charge in [0.15, 0.2) is 0 Å². The number of nitrogens with one attached hydrogen (secondary N) is 1. The number of rotatable bonds is 9. The average Bonchev–Trinajstić information content (AvgIpc) is 2.77. The van der Waals surface area contributed by atoms with Gasteiger partial charge in [0.1, 0.15) is 4.90 Å². The highest BCUT2D eigenvalue weighted by molar-refractivity contribution is 9.11. The molecule has 1 aromatic heterocycles. The van der Waals surface area contributed by atoms with Crippen LogP contribution < -0.4 is 5.32 Å². The van der Waals surface area contributed by atoms with Crippen LogP contribution in [0.5, 0.6) is 0 Å². The van der Waals surface area contributed by atoms with E-state index in [1.54, 1.807) is 10.4 Å². The number of sulfonamides is 1. The maximum Gasteiger partial charge on any atom is 0.245 e. The molecule has 7 heteroatoms. The smallest absolute Gasteiger partial charge is 0.245 e. The molecule has 0 amide bonds. The molecule has 122 valence electrons. The standard InChI is InChI=1S/C14H25BrN2O2S2/c1-5-7-16-10-12-9-13(14(15)20-12)21(18,19)17(8-6-2)11(3)4/h9,11,16H,5-8,10H2,1-4H3. The Hall–Kier alpha value is 0.0500. The van der Waals surface area contributed by atoms with Crippen LogP contribution in [0.3, 0.4) is 0 Å². The lowest BCUT2D eigenvalue weighted by atomic mass is 10.4. The molecule has 1 N–H and O–H groups in total. The minimum atomic E-state index is -3.43. The van der Waals surface area contributed by atoms with E-state index in [4.69, 9.17) is 0 Å². The second kappa shape index (κ2) is 8.62. The van der Waals surface area contributed by atoms with E-state index < -0.39 is 10.0 Å². The molecule has 0 fully saturated rings. The normalized spacial score (nSPS) is 12.5. The van der Waals surface area contributed by atoms with Gasteiger partial charge in [0.05, 0.1) is 3.79 Å². The van der Waals surface area contributed by atoms with Crippen molar-refractivity contribution in [3.05, 3.63) is 14.7 Å². The molecule has 0 radical (unpaired) electrons. The van der Waals surface area contributed by atoms with Crippen LogP contribution in [-0.4, -0.2) is 31.9 Å². The molecular formula is C14H25BrN2O2S2. The van der Waals surface area contributed by atoms with Gasteiger partial charge in [0.2, 0.25) is 10.0 Å². The van der Waals surface area contributed by atoms with E-state index in [1.165, 1.54) is 11.3 Å². The zero-order valence-electron chi connectivity index (χ0n) is 13.1. The van der Waals surface area contributed by atoms with E-state index >= 15 is 0 Å². The van der Waals surface area contributed by atoms with Crippen molar-refractivity contribution in [2.75, 3.05) is 13.1 Å². The molecule has 0 unspecified atom stereocenters. The quantitative estimate of drug-likeness (QED) is 0.645. The predicted molar refractivity (Wildman–Crippen MR) is 93.3 cm³/mol. The summed E-state index contributed by atoms with van der Waals surface area (Å²) in [5.74, 6) is 0. The van der Waals surface area contributed by atoms with Gasteiger partial charge < -0.3 is 5.32 Å². The Morgan fingerprint density at radius 2 is 2.00 bits per heavy atom. The van der Waals surface area contributed by atoms with Crippen LogP contribution >= 0.6 is 27.3 Å². The summed E-state index contributed by atoms with van der Waals surface area (Å²) >= 11 is 4.90. The number of hydrogen-bond acceptors (Lipinski definition) is 4. The Labute approximate surface area is 141 Å². The van der Waals surface area contributed by atoms with Crippen molar-refractivity contribution < 1.29 is 8.42 Å². The van der Waals surface area contributed by atoms with Gasteiger partial charge in [-0.25, -0.2) is 8.42 Å². The van der Waals surface area contributed by atoms with Crippen molar-refractivity contribution in [1.29, 1.82) is 0 Å². The first-order chi connectivity index (χ1) is 9.84. The van der Waals surface area contributed by atoms with Crippen molar-refractivity contribution in [2.45, 2.75) is 58.0 Å². The maximum atomic E-state index is 12.8. The Morgan fingerprint density at radius 1 is 1.33 bits per heavy atom. The van der Waals surface area contributed by atoms with E-state index in [2.05, 4.69) is 28.2 Å². The molecule has 0 aromatic carbocycles. The Kier molecular flexibility index (Phi) is 7.84. The molecule has 1 rings (SSSR count). The molecule has 4 nitrogen and oxygen atoms in total. The number of hydrogen-bond donors (Lipinski definition) is 1. The second-order valence-corrected chi connectivity index (χ2v) is 9.55. The number of thiophene rings is 1. The molecule has 0 aliphatic carbocycles. The Balaban J connectivity index is 3.02. The van der Waals surface area contributed by atoms with Crippen LogP contribution in [0.15, 0.2) is 14.7 Å². The zero-order chi connectivity index (χ0) is 16.0. The molecule has 0 spiro atoms. The fourth-order valence-electron chi connectivity index (χ4n) is 2.05. The van der Waals surface area contributed by atoms with Crippen LogP contribution in [0, 0.1) is 0 Å². The summed E-state index contributed by atoms with van der Waals surface area (Å²) in [6, 6.07) is 1.75. The number of nitrogens with zero attached hydrogens (tertiary/aromatic N) is 1. The van der Waals surface area contributed by atoms with Crippen LogP contribution in [0.2, 0.25) is 0 Å². The van der Waals surface area contributed by atoms with E-state index in [0.717, 1.165) is 24.3 Å². The molecule has 21 heavy (non-hydrogen) atoms. The van der Waals surface area contributed by atoms with Crippen molar-refractivity contribution in [1.82, 2.24) is 9.62 Å². The minimum Gasteiger partial charge on any atom is -0.312 e. The largest absolute Gasteiger partial charge is 0.312 e. The minimum absolute atomic E-state index is 0.0385. The Bertz CT molecular complexity index is 541. The third-order valence-electron chi connectivity index (χ3n) is 3.04. The monoisotopic (exact) mass is 396 g/mol. The lowest BCUT2D eigenvalue weighted by molar-refractivity contribution is 0.354. The van der Waals surface area contributed by atoms with Gasteiger partial charge in [-0.15, -0.1) is 11.3 Å². The average molecular weight is 397 g/mol. The van der Waals surface area contributed by atoms with Crippen molar-refractivity contribution >= 4 is 37.3 Å². The van der Waals surface area contributed by atoms with E-state index in [1.807, 2.05) is 20.8 Å². The summed E-state index contributed by atoms with van der Waals surface area (Å²) in [6.45, 7) is 10.1. The topological polar surface area (TPSA) is 49.4 Å². The highest BCUT2D eigenvalue weighted by Gasteiger charge is 2.29. The maximum absolute atomic E-state index is 12.8. The first-order valence-corrected chi connectivity index (χ1v) is 10.4. The van der Waals surface area contributed by atoms with E-state index in [0.29, 0.717) is 21.8 Å². The highest BCUT2D eigenvalue weighted by atomic mass is 79.9. The molecule has 0 saturated heterocycles. The molecule has 0 saturated carbocycles. The third kappa shape index (κ3) is 5.03. The lowest BCUT2D eigenvalue weighted by Crippen LogP contribution is -2.37. The zero-order valence-corrected chi connectivity index (χ0v) is 16.4. The summed E-state index contributed by atoms with van der Waals surface area (Å²) in [4.78, 5) is 1.43. The molecule has 1 heterocycles. The summed E-state index contributed by atoms with van der Waals surface area (Å²) in [6.07, 6.45) is 1.87. The van der Waals surface area contributed by atoms with Crippen molar-refractivity contribution in [3.63, 3.8) is 0 Å². The highest BCUT2D eigenvalue weighted by Crippen LogP contribution is 2.34. The summed E-state index contributed by atoms with van der Waals surface area (Å²) in [5.41, 5.74) is 0. The summed E-state index contributed by atoms with van der Waals surface area (Å²) in [5, 5.41) is 3.30. The fourth-order valence-corrected chi connectivity index (χ4v) is 6.38. The summed E-state index contributed by atoms with van der Waals surface area (Å²) in [7, 11) is -3.43. The molecule has 1 aromatic rings. The van der Waals surface area contributed by atoms with Gasteiger partial charge in [0, 0.05) is 24.0 Å². The molecule has 0 bridgehead atoms. The van der Waals surface area contributed by atoms with Crippen molar-refractivity contribution in [2.24, 2.45) is 0 Å². The molecule has 0 aliphatic heterocycles. The molecular weight excluding hydrogens is 372 g/mol. The first kappa shape index (κ1) is 19.1. The van der Waals surface area contributed by atoms with Crippen LogP contribution in [-0.2, 0) is 16.6 Å². The van der Waals surface area contributed by atoms with E-state index in [9.17, 15) is 8.42 Å². The SMILES string of the molecule is CCCNCc1cc(S(=O)(=O)N(CCC)C(C)C)c(Br)s1. The van der Waals surface area contributed by atoms with Crippen LogP contribution in [0.25, 0.3) is 0 Å². The molecule has 0 aliphatic rings. The van der Waals surface area contributed by atoms with Crippen LogP contribution in [0.4, 0.5) is 0 Å². The van der Waals surface area contributed by atoms with Gasteiger partial charge in [0.25, 0.3) is 0 Å². The van der Waals surface area contributed by atoms with Gasteiger partial charge in [-0.2, -0.15) is 4.31 Å².